The number of benzene rings is 3. The summed E-state index contributed by atoms with van der Waals surface area (Å²) in [7, 11) is 0. The fraction of sp³-hybridized carbons (Fsp3) is 0.161. The van der Waals surface area contributed by atoms with Crippen LogP contribution in [0.2, 0.25) is 0 Å². The van der Waals surface area contributed by atoms with Gasteiger partial charge in [0, 0.05) is 48.1 Å². The first-order valence-electron chi connectivity index (χ1n) is 13.1. The van der Waals surface area contributed by atoms with E-state index in [0.29, 0.717) is 13.0 Å². The normalized spacial score (nSPS) is 15.8. The van der Waals surface area contributed by atoms with Gasteiger partial charge in [0.2, 0.25) is 0 Å². The minimum Gasteiger partial charge on any atom is -0.361 e. The minimum atomic E-state index is -0.443. The molecule has 1 aliphatic heterocycles. The molecule has 0 radical (unpaired) electrons. The molecular formula is C31H29N7O. The number of fused-ring (bicyclic) bond motifs is 1. The number of aromatic amines is 1. The number of amidine groups is 1. The number of carbonyl (C=O) groups excluding carboxylic acids is 1. The summed E-state index contributed by atoms with van der Waals surface area (Å²) in [5.74, 6) is 0.467. The number of amides is 1. The molecule has 2 aromatic heterocycles. The fourth-order valence-electron chi connectivity index (χ4n) is 5.16. The Morgan fingerprint density at radius 2 is 1.72 bits per heavy atom. The van der Waals surface area contributed by atoms with Crippen molar-refractivity contribution in [2.45, 2.75) is 25.6 Å². The number of hydrogen-bond acceptors (Lipinski definition) is 6. The minimum absolute atomic E-state index is 0.160. The molecule has 2 atom stereocenters. The number of para-hydroxylation sites is 2. The molecule has 39 heavy (non-hydrogen) atoms. The van der Waals surface area contributed by atoms with Crippen LogP contribution in [0.25, 0.3) is 10.9 Å². The van der Waals surface area contributed by atoms with Gasteiger partial charge in [0.25, 0.3) is 5.91 Å². The molecule has 0 bridgehead atoms. The highest BCUT2D eigenvalue weighted by molar-refractivity contribution is 6.06. The number of H-pyrrole nitrogens is 1. The Hall–Kier alpha value is -4.98. The zero-order chi connectivity index (χ0) is 26.6. The van der Waals surface area contributed by atoms with Crippen LogP contribution in [0.15, 0.2) is 115 Å². The Kier molecular flexibility index (Phi) is 6.74. The van der Waals surface area contributed by atoms with Crippen molar-refractivity contribution in [2.75, 3.05) is 11.4 Å². The van der Waals surface area contributed by atoms with Gasteiger partial charge in [-0.05, 0) is 36.2 Å². The third kappa shape index (κ3) is 4.84. The average molecular weight is 516 g/mol. The molecule has 194 valence electrons. The van der Waals surface area contributed by atoms with Gasteiger partial charge in [-0.3, -0.25) is 14.8 Å². The summed E-state index contributed by atoms with van der Waals surface area (Å²) < 4.78 is 0. The van der Waals surface area contributed by atoms with E-state index in [1.807, 2.05) is 54.7 Å². The van der Waals surface area contributed by atoms with Crippen molar-refractivity contribution in [3.05, 3.63) is 127 Å². The predicted molar refractivity (Wildman–Crippen MR) is 153 cm³/mol. The van der Waals surface area contributed by atoms with Crippen LogP contribution in [0.3, 0.4) is 0 Å². The van der Waals surface area contributed by atoms with Crippen molar-refractivity contribution in [1.82, 2.24) is 25.3 Å². The smallest absolute Gasteiger partial charge is 0.272 e. The van der Waals surface area contributed by atoms with E-state index in [0.717, 1.165) is 33.6 Å². The van der Waals surface area contributed by atoms with Crippen molar-refractivity contribution in [3.63, 3.8) is 0 Å². The Morgan fingerprint density at radius 3 is 2.46 bits per heavy atom. The van der Waals surface area contributed by atoms with E-state index in [2.05, 4.69) is 73.5 Å². The Balaban J connectivity index is 1.45. The lowest BCUT2D eigenvalue weighted by atomic mass is 10.0. The first-order chi connectivity index (χ1) is 19.2. The van der Waals surface area contributed by atoms with Gasteiger partial charge in [-0.25, -0.2) is 4.98 Å². The fourth-order valence-corrected chi connectivity index (χ4v) is 5.16. The van der Waals surface area contributed by atoms with E-state index in [1.165, 1.54) is 12.4 Å². The number of anilines is 1. The second kappa shape index (κ2) is 10.8. The van der Waals surface area contributed by atoms with E-state index < -0.39 is 6.04 Å². The number of aromatic nitrogens is 3. The Bertz CT molecular complexity index is 1580. The lowest BCUT2D eigenvalue weighted by Gasteiger charge is -2.33. The van der Waals surface area contributed by atoms with Crippen molar-refractivity contribution in [2.24, 2.45) is 5.10 Å². The highest BCUT2D eigenvalue weighted by Crippen LogP contribution is 2.36. The standard InChI is InChI=1S/C31H29N7O/c1-2-37-31(22-11-5-3-6-12-22)38(24-13-7-4-8-14-24)29(36-37)27(35-30(39)28-21-32-17-18-33-28)19-23-20-34-26-16-10-9-15-25(23)26/h3-18,20-21,27,31,34H,2,19H2,1H3,(H,35,39)/t27-,31?/m1/s1. The Labute approximate surface area is 227 Å². The van der Waals surface area contributed by atoms with E-state index in [1.54, 1.807) is 6.20 Å². The van der Waals surface area contributed by atoms with Crippen LogP contribution in [0.4, 0.5) is 5.69 Å². The van der Waals surface area contributed by atoms with Gasteiger partial charge in [0.1, 0.15) is 11.9 Å². The zero-order valence-corrected chi connectivity index (χ0v) is 21.6. The molecule has 1 aliphatic rings. The van der Waals surface area contributed by atoms with Crippen molar-refractivity contribution >= 4 is 28.3 Å². The quantitative estimate of drug-likeness (QED) is 0.298. The van der Waals surface area contributed by atoms with E-state index in [4.69, 9.17) is 5.10 Å². The summed E-state index contributed by atoms with van der Waals surface area (Å²) in [6.45, 7) is 2.79. The molecule has 0 fully saturated rings. The summed E-state index contributed by atoms with van der Waals surface area (Å²) in [6, 6.07) is 28.3. The molecule has 2 N–H and O–H groups in total. The van der Waals surface area contributed by atoms with Gasteiger partial charge in [-0.1, -0.05) is 66.7 Å². The summed E-state index contributed by atoms with van der Waals surface area (Å²) in [6.07, 6.45) is 6.96. The highest BCUT2D eigenvalue weighted by atomic mass is 16.2. The van der Waals surface area contributed by atoms with Crippen LogP contribution in [-0.4, -0.2) is 44.3 Å². The van der Waals surface area contributed by atoms with Crippen molar-refractivity contribution in [1.29, 1.82) is 0 Å². The molecule has 3 heterocycles. The van der Waals surface area contributed by atoms with E-state index >= 15 is 0 Å². The van der Waals surface area contributed by atoms with E-state index in [-0.39, 0.29) is 17.8 Å². The van der Waals surface area contributed by atoms with Crippen LogP contribution in [-0.2, 0) is 6.42 Å². The van der Waals surface area contributed by atoms with Crippen LogP contribution in [0.1, 0.15) is 34.7 Å². The second-order valence-electron chi connectivity index (χ2n) is 9.38. The molecule has 6 rings (SSSR count). The molecule has 8 nitrogen and oxygen atoms in total. The Morgan fingerprint density at radius 1 is 0.974 bits per heavy atom. The zero-order valence-electron chi connectivity index (χ0n) is 21.6. The summed E-state index contributed by atoms with van der Waals surface area (Å²) >= 11 is 0. The summed E-state index contributed by atoms with van der Waals surface area (Å²) in [4.78, 5) is 27.4. The maximum absolute atomic E-state index is 13.4. The number of nitrogens with zero attached hydrogens (tertiary/aromatic N) is 5. The maximum Gasteiger partial charge on any atom is 0.272 e. The number of rotatable bonds is 8. The van der Waals surface area contributed by atoms with E-state index in [9.17, 15) is 4.79 Å². The third-order valence-corrected chi connectivity index (χ3v) is 6.97. The van der Waals surface area contributed by atoms with Crippen molar-refractivity contribution in [3.8, 4) is 0 Å². The number of hydrazone groups is 1. The third-order valence-electron chi connectivity index (χ3n) is 6.97. The first-order valence-corrected chi connectivity index (χ1v) is 13.1. The second-order valence-corrected chi connectivity index (χ2v) is 9.38. The van der Waals surface area contributed by atoms with Gasteiger partial charge in [-0.15, -0.1) is 0 Å². The number of nitrogens with one attached hydrogen (secondary N) is 2. The SMILES string of the molecule is CCN1N=C([C@@H](Cc2c[nH]c3ccccc23)NC(=O)c2cnccn2)N(c2ccccc2)C1c1ccccc1. The monoisotopic (exact) mass is 515 g/mol. The molecule has 0 aliphatic carbocycles. The van der Waals surface area contributed by atoms with Crippen LogP contribution in [0.5, 0.6) is 0 Å². The lowest BCUT2D eigenvalue weighted by molar-refractivity contribution is 0.0941. The molecule has 8 heteroatoms. The first kappa shape index (κ1) is 24.4. The van der Waals surface area contributed by atoms with Crippen LogP contribution < -0.4 is 10.2 Å². The van der Waals surface area contributed by atoms with Gasteiger partial charge >= 0.3 is 0 Å². The summed E-state index contributed by atoms with van der Waals surface area (Å²) in [5.41, 5.74) is 4.53. The molecule has 0 saturated carbocycles. The van der Waals surface area contributed by atoms with Crippen molar-refractivity contribution < 1.29 is 4.79 Å². The summed E-state index contributed by atoms with van der Waals surface area (Å²) in [5, 5.41) is 11.6. The molecule has 1 amide bonds. The number of hydrogen-bond donors (Lipinski definition) is 2. The van der Waals surface area contributed by atoms with Gasteiger partial charge in [0.05, 0.1) is 12.2 Å². The topological polar surface area (TPSA) is 89.5 Å². The van der Waals surface area contributed by atoms with Gasteiger partial charge < -0.3 is 15.2 Å². The molecule has 1 unspecified atom stereocenters. The molecule has 5 aromatic rings. The highest BCUT2D eigenvalue weighted by Gasteiger charge is 2.40. The predicted octanol–water partition coefficient (Wildman–Crippen LogP) is 5.15. The molecule has 0 saturated heterocycles. The molecular weight excluding hydrogens is 486 g/mol. The van der Waals surface area contributed by atoms with Gasteiger partial charge in [0.15, 0.2) is 5.84 Å². The maximum atomic E-state index is 13.4. The van der Waals surface area contributed by atoms with Gasteiger partial charge in [-0.2, -0.15) is 5.10 Å². The molecule has 3 aromatic carbocycles. The largest absolute Gasteiger partial charge is 0.361 e. The van der Waals surface area contributed by atoms with Crippen LogP contribution >= 0.6 is 0 Å². The average Bonchev–Trinajstić information content (AvgIpc) is 3.60. The molecule has 0 spiro atoms. The number of carbonyl (C=O) groups is 1. The lowest BCUT2D eigenvalue weighted by Crippen LogP contribution is -2.49. The van der Waals surface area contributed by atoms with Crippen LogP contribution in [0, 0.1) is 0 Å².